The summed E-state index contributed by atoms with van der Waals surface area (Å²) in [5.74, 6) is 3.50. The molecule has 4 amide bonds. The van der Waals surface area contributed by atoms with E-state index in [0.717, 1.165) is 27.4 Å². The number of aliphatic hydroxyl groups excluding tert-OH is 1. The number of hydrazine groups is 1. The molecule has 2 aromatic carbocycles. The first-order valence-electron chi connectivity index (χ1n) is 13.2. The van der Waals surface area contributed by atoms with Crippen LogP contribution in [0.3, 0.4) is 0 Å². The Morgan fingerprint density at radius 2 is 1.64 bits per heavy atom. The Morgan fingerprint density at radius 3 is 2.29 bits per heavy atom. The standard InChI is InChI=1S/C27H34N8O7/c28-34(19-30-35(41)42)13-7-12-22(26(39)27(40)29-14-20-8-3-1-4-9-20)31-23(36)16-33-18-24(37)32(17-25(33)38)15-21-10-5-2-6-11-21/h1-6,8-11,19,22,26,39H,7,12-18,28H2,(H,29,40)(H,31,36)/t22-,26?/m0/s1. The number of benzene rings is 2. The maximum Gasteiger partial charge on any atom is 0.251 e. The van der Waals surface area contributed by atoms with Crippen molar-refractivity contribution in [2.45, 2.75) is 38.1 Å². The number of hydrazone groups is 1. The molecule has 1 saturated heterocycles. The number of nitrogens with zero attached hydrogens (tertiary/aromatic N) is 5. The molecule has 0 bridgehead atoms. The number of hydrogen-bond donors (Lipinski definition) is 4. The molecule has 2 aromatic rings. The minimum atomic E-state index is -1.66. The Labute approximate surface area is 242 Å². The fourth-order valence-electron chi connectivity index (χ4n) is 4.26. The molecule has 1 aliphatic heterocycles. The second kappa shape index (κ2) is 15.8. The van der Waals surface area contributed by atoms with Crippen molar-refractivity contribution in [2.75, 3.05) is 26.2 Å². The highest BCUT2D eigenvalue weighted by Crippen LogP contribution is 2.11. The maximum atomic E-state index is 12.9. The van der Waals surface area contributed by atoms with Gasteiger partial charge in [0.25, 0.3) is 5.91 Å². The van der Waals surface area contributed by atoms with Gasteiger partial charge in [-0.2, -0.15) is 0 Å². The summed E-state index contributed by atoms with van der Waals surface area (Å²) < 4.78 is 0. The van der Waals surface area contributed by atoms with Crippen LogP contribution >= 0.6 is 0 Å². The molecule has 15 heteroatoms. The van der Waals surface area contributed by atoms with Crippen LogP contribution in [0.5, 0.6) is 0 Å². The number of aliphatic hydroxyl groups is 1. The molecular formula is C27H34N8O7. The van der Waals surface area contributed by atoms with E-state index in [-0.39, 0.29) is 51.5 Å². The van der Waals surface area contributed by atoms with Crippen molar-refractivity contribution >= 4 is 30.0 Å². The molecule has 0 spiro atoms. The largest absolute Gasteiger partial charge is 0.381 e. The zero-order valence-electron chi connectivity index (χ0n) is 22.9. The summed E-state index contributed by atoms with van der Waals surface area (Å²) in [7, 11) is 0. The first-order chi connectivity index (χ1) is 20.1. The minimum absolute atomic E-state index is 0.0589. The number of nitro groups is 1. The first kappa shape index (κ1) is 31.6. The van der Waals surface area contributed by atoms with Crippen LogP contribution in [-0.4, -0.2) is 93.2 Å². The van der Waals surface area contributed by atoms with Crippen LogP contribution in [0.15, 0.2) is 65.8 Å². The lowest BCUT2D eigenvalue weighted by Gasteiger charge is -2.34. The predicted octanol–water partition coefficient (Wildman–Crippen LogP) is -0.805. The van der Waals surface area contributed by atoms with Gasteiger partial charge in [0.2, 0.25) is 17.7 Å². The van der Waals surface area contributed by atoms with Crippen molar-refractivity contribution in [1.82, 2.24) is 25.4 Å². The number of carbonyl (C=O) groups is 4. The van der Waals surface area contributed by atoms with Crippen molar-refractivity contribution in [3.63, 3.8) is 0 Å². The van der Waals surface area contributed by atoms with Gasteiger partial charge in [0, 0.05) is 19.6 Å². The molecular weight excluding hydrogens is 548 g/mol. The highest BCUT2D eigenvalue weighted by atomic mass is 16.7. The second-order valence-electron chi connectivity index (χ2n) is 9.66. The van der Waals surface area contributed by atoms with Gasteiger partial charge in [-0.05, 0) is 24.0 Å². The van der Waals surface area contributed by atoms with Crippen LogP contribution in [0, 0.1) is 10.1 Å². The van der Waals surface area contributed by atoms with Gasteiger partial charge in [-0.25, -0.2) is 16.0 Å². The molecule has 0 aromatic heterocycles. The van der Waals surface area contributed by atoms with Gasteiger partial charge in [0.15, 0.2) is 17.5 Å². The Hall–Kier alpha value is -4.89. The molecule has 224 valence electrons. The SMILES string of the molecule is NN(C=N[N+](=O)[O-])CCC[C@H](NC(=O)CN1CC(=O)N(Cc2ccccc2)CC1=O)C(O)C(=O)NCc1ccccc1. The fourth-order valence-corrected chi connectivity index (χ4v) is 4.26. The van der Waals surface area contributed by atoms with Gasteiger partial charge < -0.3 is 25.5 Å². The predicted molar refractivity (Wildman–Crippen MR) is 150 cm³/mol. The van der Waals surface area contributed by atoms with E-state index in [1.165, 1.54) is 4.90 Å². The lowest BCUT2D eigenvalue weighted by atomic mass is 10.0. The van der Waals surface area contributed by atoms with E-state index >= 15 is 0 Å². The summed E-state index contributed by atoms with van der Waals surface area (Å²) in [5, 5.41) is 29.4. The molecule has 15 nitrogen and oxygen atoms in total. The lowest BCUT2D eigenvalue weighted by molar-refractivity contribution is -0.484. The highest BCUT2D eigenvalue weighted by molar-refractivity contribution is 5.95. The average molecular weight is 583 g/mol. The van der Waals surface area contributed by atoms with Crippen molar-refractivity contribution in [3.05, 3.63) is 81.9 Å². The van der Waals surface area contributed by atoms with Gasteiger partial charge in [-0.3, -0.25) is 24.2 Å². The summed E-state index contributed by atoms with van der Waals surface area (Å²) >= 11 is 0. The van der Waals surface area contributed by atoms with Crippen molar-refractivity contribution in [3.8, 4) is 0 Å². The van der Waals surface area contributed by atoms with Gasteiger partial charge >= 0.3 is 0 Å². The van der Waals surface area contributed by atoms with E-state index in [0.29, 0.717) is 0 Å². The van der Waals surface area contributed by atoms with E-state index in [1.807, 2.05) is 36.4 Å². The fraction of sp³-hybridized carbons (Fsp3) is 0.370. The molecule has 1 unspecified atom stereocenters. The number of hydrogen-bond acceptors (Lipinski definition) is 8. The van der Waals surface area contributed by atoms with E-state index < -0.39 is 41.4 Å². The van der Waals surface area contributed by atoms with Gasteiger partial charge in [0.1, 0.15) is 19.6 Å². The Morgan fingerprint density at radius 1 is 1.05 bits per heavy atom. The Balaban J connectivity index is 1.59. The monoisotopic (exact) mass is 582 g/mol. The van der Waals surface area contributed by atoms with Crippen LogP contribution in [0.1, 0.15) is 24.0 Å². The molecule has 1 aliphatic rings. The topological polar surface area (TPSA) is 204 Å². The summed E-state index contributed by atoms with van der Waals surface area (Å²) in [5.41, 5.74) is 1.67. The van der Waals surface area contributed by atoms with Crippen LogP contribution in [-0.2, 0) is 32.3 Å². The average Bonchev–Trinajstić information content (AvgIpc) is 2.97. The zero-order chi connectivity index (χ0) is 30.5. The Bertz CT molecular complexity index is 1260. The molecule has 2 atom stereocenters. The maximum absolute atomic E-state index is 12.9. The van der Waals surface area contributed by atoms with Crippen LogP contribution < -0.4 is 16.5 Å². The molecule has 0 radical (unpaired) electrons. The summed E-state index contributed by atoms with van der Waals surface area (Å²) in [6, 6.07) is 17.1. The molecule has 1 fully saturated rings. The smallest absolute Gasteiger partial charge is 0.251 e. The highest BCUT2D eigenvalue weighted by Gasteiger charge is 2.33. The third kappa shape index (κ3) is 10.3. The Kier molecular flexibility index (Phi) is 11.9. The minimum Gasteiger partial charge on any atom is -0.381 e. The first-order valence-corrected chi connectivity index (χ1v) is 13.2. The van der Waals surface area contributed by atoms with Crippen molar-refractivity contribution in [2.24, 2.45) is 10.9 Å². The quantitative estimate of drug-likeness (QED) is 0.0681. The molecule has 1 heterocycles. The number of carbonyl (C=O) groups excluding carboxylic acids is 4. The van der Waals surface area contributed by atoms with Gasteiger partial charge in [-0.1, -0.05) is 60.7 Å². The van der Waals surface area contributed by atoms with E-state index in [2.05, 4.69) is 15.7 Å². The number of nitrogens with one attached hydrogen (secondary N) is 2. The van der Waals surface area contributed by atoms with E-state index in [9.17, 15) is 34.4 Å². The van der Waals surface area contributed by atoms with Gasteiger partial charge in [0.05, 0.1) is 11.1 Å². The van der Waals surface area contributed by atoms with E-state index in [4.69, 9.17) is 5.84 Å². The number of nitrogens with two attached hydrogens (primary N) is 1. The molecule has 3 rings (SSSR count). The van der Waals surface area contributed by atoms with Crippen molar-refractivity contribution in [1.29, 1.82) is 0 Å². The number of piperazine rings is 1. The molecule has 0 aliphatic carbocycles. The normalized spacial score (nSPS) is 14.9. The summed E-state index contributed by atoms with van der Waals surface area (Å²) in [4.78, 5) is 64.0. The second-order valence-corrected chi connectivity index (χ2v) is 9.66. The van der Waals surface area contributed by atoms with Crippen LogP contribution in [0.2, 0.25) is 0 Å². The molecule has 5 N–H and O–H groups in total. The summed E-state index contributed by atoms with van der Waals surface area (Å²) in [6.07, 6.45) is -0.569. The van der Waals surface area contributed by atoms with E-state index in [1.54, 1.807) is 24.3 Å². The summed E-state index contributed by atoms with van der Waals surface area (Å²) in [6.45, 7) is -0.443. The number of amides is 4. The van der Waals surface area contributed by atoms with Crippen LogP contribution in [0.25, 0.3) is 0 Å². The lowest BCUT2D eigenvalue weighted by Crippen LogP contribution is -2.57. The molecule has 42 heavy (non-hydrogen) atoms. The van der Waals surface area contributed by atoms with Crippen LogP contribution in [0.4, 0.5) is 0 Å². The number of rotatable bonds is 15. The molecule has 0 saturated carbocycles. The van der Waals surface area contributed by atoms with Crippen molar-refractivity contribution < 1.29 is 29.3 Å². The third-order valence-corrected chi connectivity index (χ3v) is 6.44. The third-order valence-electron chi connectivity index (χ3n) is 6.44. The van der Waals surface area contributed by atoms with Gasteiger partial charge in [-0.15, -0.1) is 0 Å². The zero-order valence-corrected chi connectivity index (χ0v) is 22.9.